The average molecular weight is 352 g/mol. The van der Waals surface area contributed by atoms with Gasteiger partial charge < -0.3 is 9.79 Å². The zero-order valence-corrected chi connectivity index (χ0v) is 11.3. The second-order valence-electron chi connectivity index (χ2n) is 4.24. The van der Waals surface area contributed by atoms with E-state index in [1.54, 1.807) is 0 Å². The molecule has 0 saturated heterocycles. The summed E-state index contributed by atoms with van der Waals surface area (Å²) >= 11 is 0. The van der Waals surface area contributed by atoms with Crippen LogP contribution in [0.15, 0.2) is 36.2 Å². The van der Waals surface area contributed by atoms with E-state index in [0.717, 1.165) is 0 Å². The standard InChI is InChI=1S/C11H8F7O3P/c12-8(9(13)14)11(17,18)10(15,16)7-3-1-6(2-4-7)5-22(19,20)21/h1-4H,5H2,(H2,19,20,21). The van der Waals surface area contributed by atoms with Crippen LogP contribution in [0.4, 0.5) is 30.7 Å². The van der Waals surface area contributed by atoms with Gasteiger partial charge in [-0.2, -0.15) is 30.7 Å². The molecule has 0 spiro atoms. The normalized spacial score (nSPS) is 13.1. The molecule has 0 radical (unpaired) electrons. The van der Waals surface area contributed by atoms with Crippen molar-refractivity contribution in [2.24, 2.45) is 0 Å². The molecule has 1 rings (SSSR count). The summed E-state index contributed by atoms with van der Waals surface area (Å²) in [6.07, 6.45) is -4.40. The van der Waals surface area contributed by atoms with Crippen molar-refractivity contribution in [1.82, 2.24) is 0 Å². The lowest BCUT2D eigenvalue weighted by molar-refractivity contribution is -0.204. The third-order valence-electron chi connectivity index (χ3n) is 2.54. The summed E-state index contributed by atoms with van der Waals surface area (Å²) in [5, 5.41) is 0. The average Bonchev–Trinajstić information content (AvgIpc) is 2.36. The van der Waals surface area contributed by atoms with Gasteiger partial charge in [-0.3, -0.25) is 4.57 Å². The smallest absolute Gasteiger partial charge is 0.324 e. The Hall–Kier alpha value is -1.38. The van der Waals surface area contributed by atoms with Crippen LogP contribution < -0.4 is 0 Å². The number of allylic oxidation sites excluding steroid dienone is 1. The maximum atomic E-state index is 13.5. The SMILES string of the molecule is O=P(O)(O)Cc1ccc(C(F)(F)C(F)(F)C(F)=C(F)F)cc1. The van der Waals surface area contributed by atoms with Gasteiger partial charge in [0, 0.05) is 5.56 Å². The predicted molar refractivity (Wildman–Crippen MR) is 61.4 cm³/mol. The van der Waals surface area contributed by atoms with Gasteiger partial charge in [-0.1, -0.05) is 24.3 Å². The Bertz CT molecular complexity index is 617. The van der Waals surface area contributed by atoms with Gasteiger partial charge >= 0.3 is 25.5 Å². The lowest BCUT2D eigenvalue weighted by atomic mass is 10.0. The summed E-state index contributed by atoms with van der Waals surface area (Å²) in [4.78, 5) is 17.3. The number of alkyl halides is 4. The summed E-state index contributed by atoms with van der Waals surface area (Å²) in [5.41, 5.74) is -1.63. The molecule has 0 unspecified atom stereocenters. The van der Waals surface area contributed by atoms with Gasteiger partial charge in [0.25, 0.3) is 0 Å². The quantitative estimate of drug-likeness (QED) is 0.618. The Balaban J connectivity index is 3.19. The van der Waals surface area contributed by atoms with Crippen LogP contribution in [-0.2, 0) is 16.6 Å². The van der Waals surface area contributed by atoms with E-state index < -0.39 is 43.1 Å². The van der Waals surface area contributed by atoms with E-state index in [-0.39, 0.29) is 5.56 Å². The summed E-state index contributed by atoms with van der Waals surface area (Å²) in [6, 6.07) is 2.10. The fourth-order valence-corrected chi connectivity index (χ4v) is 2.18. The Kier molecular flexibility index (Phi) is 5.11. The summed E-state index contributed by atoms with van der Waals surface area (Å²) in [5.74, 6) is -14.6. The number of halogens is 7. The highest BCUT2D eigenvalue weighted by Crippen LogP contribution is 2.49. The molecule has 22 heavy (non-hydrogen) atoms. The summed E-state index contributed by atoms with van der Waals surface area (Å²) in [7, 11) is -4.51. The zero-order valence-electron chi connectivity index (χ0n) is 10.4. The van der Waals surface area contributed by atoms with Crippen molar-refractivity contribution in [2.75, 3.05) is 0 Å². The van der Waals surface area contributed by atoms with Crippen LogP contribution in [0, 0.1) is 0 Å². The highest BCUT2D eigenvalue weighted by Gasteiger charge is 2.62. The zero-order chi connectivity index (χ0) is 17.3. The molecule has 0 fully saturated rings. The third-order valence-corrected chi connectivity index (χ3v) is 3.32. The van der Waals surface area contributed by atoms with Gasteiger partial charge in [-0.05, 0) is 5.56 Å². The first kappa shape index (κ1) is 18.7. The summed E-state index contributed by atoms with van der Waals surface area (Å²) < 4.78 is 100. The van der Waals surface area contributed by atoms with Crippen molar-refractivity contribution < 1.29 is 45.1 Å². The molecule has 3 nitrogen and oxygen atoms in total. The molecule has 0 atom stereocenters. The Morgan fingerprint density at radius 1 is 1.00 bits per heavy atom. The predicted octanol–water partition coefficient (Wildman–Crippen LogP) is 4.17. The van der Waals surface area contributed by atoms with E-state index in [2.05, 4.69) is 0 Å². The molecule has 0 bridgehead atoms. The number of hydrogen-bond donors (Lipinski definition) is 2. The van der Waals surface area contributed by atoms with Crippen molar-refractivity contribution in [3.05, 3.63) is 47.3 Å². The topological polar surface area (TPSA) is 57.5 Å². The summed E-state index contributed by atoms with van der Waals surface area (Å²) in [6.45, 7) is 0. The fraction of sp³-hybridized carbons (Fsp3) is 0.273. The molecule has 0 amide bonds. The second-order valence-corrected chi connectivity index (χ2v) is 5.89. The largest absolute Gasteiger partial charge is 0.370 e. The van der Waals surface area contributed by atoms with Crippen LogP contribution in [0.5, 0.6) is 0 Å². The van der Waals surface area contributed by atoms with Gasteiger partial charge in [-0.15, -0.1) is 0 Å². The lowest BCUT2D eigenvalue weighted by Crippen LogP contribution is -2.39. The lowest BCUT2D eigenvalue weighted by Gasteiger charge is -2.25. The molecule has 0 aliphatic carbocycles. The first-order valence-electron chi connectivity index (χ1n) is 5.40. The van der Waals surface area contributed by atoms with Crippen LogP contribution in [0.3, 0.4) is 0 Å². The van der Waals surface area contributed by atoms with Crippen LogP contribution in [0.25, 0.3) is 0 Å². The van der Waals surface area contributed by atoms with Crippen molar-refractivity contribution in [3.63, 3.8) is 0 Å². The highest BCUT2D eigenvalue weighted by molar-refractivity contribution is 7.50. The minimum Gasteiger partial charge on any atom is -0.324 e. The van der Waals surface area contributed by atoms with E-state index in [1.807, 2.05) is 0 Å². The molecule has 1 aromatic carbocycles. The molecule has 124 valence electrons. The van der Waals surface area contributed by atoms with Crippen molar-refractivity contribution in [2.45, 2.75) is 18.0 Å². The van der Waals surface area contributed by atoms with E-state index >= 15 is 0 Å². The van der Waals surface area contributed by atoms with E-state index in [1.165, 1.54) is 0 Å². The van der Waals surface area contributed by atoms with E-state index in [9.17, 15) is 35.3 Å². The minimum absolute atomic E-state index is 0.149. The van der Waals surface area contributed by atoms with Gasteiger partial charge in [0.2, 0.25) is 5.83 Å². The minimum atomic E-state index is -5.77. The van der Waals surface area contributed by atoms with Crippen LogP contribution in [0.1, 0.15) is 11.1 Å². The molecule has 0 aromatic heterocycles. The van der Waals surface area contributed by atoms with Gasteiger partial charge in [0.05, 0.1) is 6.16 Å². The number of hydrogen-bond acceptors (Lipinski definition) is 1. The molecule has 0 aliphatic rings. The molecule has 11 heteroatoms. The molecule has 1 aromatic rings. The Morgan fingerprint density at radius 2 is 1.45 bits per heavy atom. The van der Waals surface area contributed by atoms with Crippen molar-refractivity contribution in [3.8, 4) is 0 Å². The van der Waals surface area contributed by atoms with Gasteiger partial charge in [0.1, 0.15) is 0 Å². The van der Waals surface area contributed by atoms with Crippen LogP contribution in [-0.4, -0.2) is 15.7 Å². The number of benzene rings is 1. The first-order valence-corrected chi connectivity index (χ1v) is 7.19. The van der Waals surface area contributed by atoms with E-state index in [4.69, 9.17) is 9.79 Å². The molecule has 0 aliphatic heterocycles. The number of rotatable bonds is 5. The third kappa shape index (κ3) is 3.88. The fourth-order valence-electron chi connectivity index (χ4n) is 1.50. The monoisotopic (exact) mass is 352 g/mol. The second kappa shape index (κ2) is 6.02. The van der Waals surface area contributed by atoms with Gasteiger partial charge in [-0.25, -0.2) is 0 Å². The first-order chi connectivity index (χ1) is 9.79. The molecule has 0 saturated carbocycles. The molecule has 0 heterocycles. The Morgan fingerprint density at radius 3 is 1.82 bits per heavy atom. The van der Waals surface area contributed by atoms with Crippen molar-refractivity contribution >= 4 is 7.60 Å². The molecular formula is C11H8F7O3P. The van der Waals surface area contributed by atoms with Crippen LogP contribution in [0.2, 0.25) is 0 Å². The van der Waals surface area contributed by atoms with Gasteiger partial charge in [0.15, 0.2) is 0 Å². The maximum Gasteiger partial charge on any atom is 0.370 e. The van der Waals surface area contributed by atoms with Crippen LogP contribution >= 0.6 is 7.60 Å². The Labute approximate surface area is 119 Å². The van der Waals surface area contributed by atoms with E-state index in [0.29, 0.717) is 24.3 Å². The maximum absolute atomic E-state index is 13.5. The molecule has 2 N–H and O–H groups in total. The molecular weight excluding hydrogens is 344 g/mol. The highest BCUT2D eigenvalue weighted by atomic mass is 31.2. The van der Waals surface area contributed by atoms with Crippen molar-refractivity contribution in [1.29, 1.82) is 0 Å².